The first kappa shape index (κ1) is 24.3. The Kier molecular flexibility index (Phi) is 7.01. The van der Waals surface area contributed by atoms with Gasteiger partial charge in [-0.25, -0.2) is 27.2 Å². The normalized spacial score (nSPS) is 20.0. The Bertz CT molecular complexity index is 1150. The Balaban J connectivity index is 1.40. The maximum atomic E-state index is 14.6. The van der Waals surface area contributed by atoms with E-state index in [1.54, 1.807) is 19.5 Å². The number of ether oxygens (including phenoxy) is 1. The standard InChI is InChI=1S/C23H28F2N4O4S/c1-33-18-13-26-23(27-14-18)28-8-5-17(6-9-28)29-7-3-4-15(22(29)30)10-16-11-20(25)21(12-19(16)24)34(2,31)32/h11-15,17H,3-10H2,1-2H3/t15-/m1/s1. The van der Waals surface area contributed by atoms with E-state index in [4.69, 9.17) is 4.74 Å². The van der Waals surface area contributed by atoms with Crippen LogP contribution in [0.15, 0.2) is 29.4 Å². The summed E-state index contributed by atoms with van der Waals surface area (Å²) in [6.45, 7) is 2.05. The number of carbonyl (C=O) groups excluding carboxylic acids is 1. The van der Waals surface area contributed by atoms with Crippen molar-refractivity contribution in [3.05, 3.63) is 41.7 Å². The maximum absolute atomic E-state index is 14.6. The van der Waals surface area contributed by atoms with E-state index in [0.29, 0.717) is 43.8 Å². The van der Waals surface area contributed by atoms with Gasteiger partial charge in [-0.15, -0.1) is 0 Å². The first-order valence-corrected chi connectivity index (χ1v) is 13.2. The second-order valence-corrected chi connectivity index (χ2v) is 10.8. The minimum Gasteiger partial charge on any atom is -0.494 e. The van der Waals surface area contributed by atoms with Crippen molar-refractivity contribution in [3.63, 3.8) is 0 Å². The van der Waals surface area contributed by atoms with Gasteiger partial charge in [0.25, 0.3) is 0 Å². The molecule has 34 heavy (non-hydrogen) atoms. The SMILES string of the molecule is COc1cnc(N2CCC(N3CCC[C@H](Cc4cc(F)c(S(C)(=O)=O)cc4F)C3=O)CC2)nc1. The summed E-state index contributed by atoms with van der Waals surface area (Å²) < 4.78 is 57.2. The molecule has 1 aromatic carbocycles. The minimum atomic E-state index is -3.88. The lowest BCUT2D eigenvalue weighted by Gasteiger charge is -2.42. The van der Waals surface area contributed by atoms with Crippen LogP contribution in [-0.4, -0.2) is 68.2 Å². The molecule has 2 aromatic rings. The summed E-state index contributed by atoms with van der Waals surface area (Å²) in [5, 5.41) is 0. The van der Waals surface area contributed by atoms with Crippen LogP contribution in [0.5, 0.6) is 5.75 Å². The lowest BCUT2D eigenvalue weighted by atomic mass is 9.88. The van der Waals surface area contributed by atoms with Crippen molar-refractivity contribution in [2.45, 2.75) is 43.0 Å². The van der Waals surface area contributed by atoms with Crippen LogP contribution in [0.25, 0.3) is 0 Å². The third kappa shape index (κ3) is 5.13. The van der Waals surface area contributed by atoms with Crippen molar-refractivity contribution in [3.8, 4) is 5.75 Å². The number of rotatable bonds is 6. The summed E-state index contributed by atoms with van der Waals surface area (Å²) in [4.78, 5) is 25.2. The molecule has 2 fully saturated rings. The van der Waals surface area contributed by atoms with E-state index in [1.807, 2.05) is 4.90 Å². The first-order chi connectivity index (χ1) is 16.2. The summed E-state index contributed by atoms with van der Waals surface area (Å²) in [5.74, 6) is -1.11. The molecule has 184 valence electrons. The second-order valence-electron chi connectivity index (χ2n) is 8.86. The number of hydrogen-bond donors (Lipinski definition) is 0. The fourth-order valence-electron chi connectivity index (χ4n) is 4.76. The fourth-order valence-corrected chi connectivity index (χ4v) is 5.49. The molecule has 1 atom stereocenters. The van der Waals surface area contributed by atoms with Crippen LogP contribution in [0.4, 0.5) is 14.7 Å². The zero-order chi connectivity index (χ0) is 24.5. The van der Waals surface area contributed by atoms with Crippen LogP contribution in [0.2, 0.25) is 0 Å². The molecule has 0 radical (unpaired) electrons. The quantitative estimate of drug-likeness (QED) is 0.610. The van der Waals surface area contributed by atoms with E-state index in [9.17, 15) is 22.0 Å². The van der Waals surface area contributed by atoms with Crippen LogP contribution in [0.3, 0.4) is 0 Å². The van der Waals surface area contributed by atoms with Crippen molar-refractivity contribution in [1.29, 1.82) is 0 Å². The van der Waals surface area contributed by atoms with E-state index in [0.717, 1.165) is 31.6 Å². The molecule has 2 saturated heterocycles. The molecule has 1 amide bonds. The molecule has 0 saturated carbocycles. The van der Waals surface area contributed by atoms with Gasteiger partial charge >= 0.3 is 0 Å². The number of nitrogens with zero attached hydrogens (tertiary/aromatic N) is 4. The Morgan fingerprint density at radius 2 is 1.74 bits per heavy atom. The number of likely N-dealkylation sites (tertiary alicyclic amines) is 1. The van der Waals surface area contributed by atoms with E-state index >= 15 is 0 Å². The van der Waals surface area contributed by atoms with Crippen molar-refractivity contribution in [2.75, 3.05) is 37.9 Å². The average Bonchev–Trinajstić information content (AvgIpc) is 2.82. The lowest BCUT2D eigenvalue weighted by Crippen LogP contribution is -2.52. The van der Waals surface area contributed by atoms with Crippen molar-refractivity contribution in [2.24, 2.45) is 5.92 Å². The molecule has 2 aliphatic heterocycles. The number of carbonyl (C=O) groups is 1. The fraction of sp³-hybridized carbons (Fsp3) is 0.522. The number of hydrogen-bond acceptors (Lipinski definition) is 7. The molecule has 0 N–H and O–H groups in total. The molecule has 3 heterocycles. The molecular weight excluding hydrogens is 466 g/mol. The van der Waals surface area contributed by atoms with Gasteiger partial charge in [0.1, 0.15) is 16.5 Å². The molecule has 4 rings (SSSR count). The molecule has 8 nitrogen and oxygen atoms in total. The highest BCUT2D eigenvalue weighted by Gasteiger charge is 2.35. The smallest absolute Gasteiger partial charge is 0.226 e. The van der Waals surface area contributed by atoms with Crippen LogP contribution < -0.4 is 9.64 Å². The largest absolute Gasteiger partial charge is 0.494 e. The highest BCUT2D eigenvalue weighted by molar-refractivity contribution is 7.90. The van der Waals surface area contributed by atoms with E-state index in [2.05, 4.69) is 14.9 Å². The van der Waals surface area contributed by atoms with Crippen molar-refractivity contribution in [1.82, 2.24) is 14.9 Å². The summed E-state index contributed by atoms with van der Waals surface area (Å²) in [6.07, 6.45) is 7.02. The number of sulfone groups is 1. The maximum Gasteiger partial charge on any atom is 0.226 e. The van der Waals surface area contributed by atoms with E-state index in [1.165, 1.54) is 0 Å². The second kappa shape index (κ2) is 9.81. The number of halogens is 2. The van der Waals surface area contributed by atoms with Gasteiger partial charge in [-0.2, -0.15) is 0 Å². The van der Waals surface area contributed by atoms with E-state index < -0.39 is 32.3 Å². The van der Waals surface area contributed by atoms with Crippen LogP contribution >= 0.6 is 0 Å². The third-order valence-corrected chi connectivity index (χ3v) is 7.70. The predicted octanol–water partition coefficient (Wildman–Crippen LogP) is 2.62. The Hall–Kier alpha value is -2.82. The molecule has 0 aliphatic carbocycles. The van der Waals surface area contributed by atoms with Crippen molar-refractivity contribution >= 4 is 21.7 Å². The van der Waals surface area contributed by atoms with Gasteiger partial charge in [-0.3, -0.25) is 4.79 Å². The number of piperidine rings is 2. The third-order valence-electron chi connectivity index (χ3n) is 6.59. The van der Waals surface area contributed by atoms with Gasteiger partial charge in [0.15, 0.2) is 15.6 Å². The first-order valence-electron chi connectivity index (χ1n) is 11.3. The van der Waals surface area contributed by atoms with Gasteiger partial charge < -0.3 is 14.5 Å². The highest BCUT2D eigenvalue weighted by atomic mass is 32.2. The Morgan fingerprint density at radius 3 is 2.35 bits per heavy atom. The van der Waals surface area contributed by atoms with Crippen LogP contribution in [0.1, 0.15) is 31.2 Å². The number of benzene rings is 1. The number of anilines is 1. The molecular formula is C23H28F2N4O4S. The Labute approximate surface area is 197 Å². The highest BCUT2D eigenvalue weighted by Crippen LogP contribution is 2.30. The summed E-state index contributed by atoms with van der Waals surface area (Å²) in [6, 6.07) is 1.69. The van der Waals surface area contributed by atoms with Gasteiger partial charge in [-0.05, 0) is 49.8 Å². The summed E-state index contributed by atoms with van der Waals surface area (Å²) in [5.41, 5.74) is 0.0246. The molecule has 0 unspecified atom stereocenters. The van der Waals surface area contributed by atoms with Crippen molar-refractivity contribution < 1.29 is 26.7 Å². The number of aromatic nitrogens is 2. The van der Waals surface area contributed by atoms with Gasteiger partial charge in [-0.1, -0.05) is 0 Å². The summed E-state index contributed by atoms with van der Waals surface area (Å²) in [7, 11) is -2.32. The number of amides is 1. The molecule has 0 bridgehead atoms. The average molecular weight is 495 g/mol. The minimum absolute atomic E-state index is 0.0246. The molecule has 2 aliphatic rings. The van der Waals surface area contributed by atoms with Gasteiger partial charge in [0.2, 0.25) is 11.9 Å². The zero-order valence-electron chi connectivity index (χ0n) is 19.2. The van der Waals surface area contributed by atoms with Crippen LogP contribution in [0, 0.1) is 17.6 Å². The van der Waals surface area contributed by atoms with Gasteiger partial charge in [0, 0.05) is 37.8 Å². The molecule has 0 spiro atoms. The number of methoxy groups -OCH3 is 1. The summed E-state index contributed by atoms with van der Waals surface area (Å²) >= 11 is 0. The predicted molar refractivity (Wildman–Crippen MR) is 121 cm³/mol. The monoisotopic (exact) mass is 494 g/mol. The van der Waals surface area contributed by atoms with E-state index in [-0.39, 0.29) is 23.9 Å². The molecule has 1 aromatic heterocycles. The Morgan fingerprint density at radius 1 is 1.06 bits per heavy atom. The van der Waals surface area contributed by atoms with Gasteiger partial charge in [0.05, 0.1) is 19.5 Å². The molecule has 11 heteroatoms. The van der Waals surface area contributed by atoms with Crippen LogP contribution in [-0.2, 0) is 21.1 Å². The lowest BCUT2D eigenvalue weighted by molar-refractivity contribution is -0.141. The topological polar surface area (TPSA) is 92.7 Å². The zero-order valence-corrected chi connectivity index (χ0v) is 20.0.